The Balaban J connectivity index is 2.87. The number of benzene rings is 1. The average molecular weight is 193 g/mol. The Morgan fingerprint density at radius 1 is 1.38 bits per heavy atom. The van der Waals surface area contributed by atoms with E-state index in [0.29, 0.717) is 10.9 Å². The van der Waals surface area contributed by atoms with Gasteiger partial charge in [-0.25, -0.2) is 4.68 Å². The quantitative estimate of drug-likeness (QED) is 0.677. The van der Waals surface area contributed by atoms with E-state index in [4.69, 9.17) is 0 Å². The molecule has 5 heteroatoms. The maximum Gasteiger partial charge on any atom is 0.278 e. The predicted molar refractivity (Wildman–Crippen MR) is 52.8 cm³/mol. The molecule has 1 aromatic carbocycles. The second-order valence-corrected chi connectivity index (χ2v) is 2.84. The molecule has 0 bridgehead atoms. The molecule has 13 heavy (non-hydrogen) atoms. The number of hydrogen-bond donors (Lipinski definition) is 1. The molecular weight excluding hydrogens is 186 g/mol. The highest BCUT2D eigenvalue weighted by atomic mass is 32.1. The van der Waals surface area contributed by atoms with Gasteiger partial charge in [0, 0.05) is 0 Å². The van der Waals surface area contributed by atoms with Crippen LogP contribution in [0.3, 0.4) is 0 Å². The van der Waals surface area contributed by atoms with Crippen molar-refractivity contribution in [3.63, 3.8) is 0 Å². The van der Waals surface area contributed by atoms with E-state index in [9.17, 15) is 4.79 Å². The summed E-state index contributed by atoms with van der Waals surface area (Å²) < 4.78 is 1.21. The number of fused-ring (bicyclic) bond motifs is 1. The van der Waals surface area contributed by atoms with Crippen LogP contribution >= 0.6 is 12.6 Å². The van der Waals surface area contributed by atoms with Crippen LogP contribution in [0.1, 0.15) is 0 Å². The summed E-state index contributed by atoms with van der Waals surface area (Å²) in [4.78, 5) is 11.6. The standard InChI is InChI=1S/C8H7N3OS/c12-8-6-3-1-2-4-7(6)9-10-11(8)5-13/h1-4,13H,5H2. The highest BCUT2D eigenvalue weighted by Gasteiger charge is 2.01. The molecule has 1 heterocycles. The number of aromatic nitrogens is 3. The first-order chi connectivity index (χ1) is 6.33. The lowest BCUT2D eigenvalue weighted by Gasteiger charge is -1.99. The summed E-state index contributed by atoms with van der Waals surface area (Å²) in [5, 5.41) is 8.16. The van der Waals surface area contributed by atoms with Crippen molar-refractivity contribution in [2.24, 2.45) is 0 Å². The summed E-state index contributed by atoms with van der Waals surface area (Å²) in [6.07, 6.45) is 0. The van der Waals surface area contributed by atoms with E-state index in [-0.39, 0.29) is 11.4 Å². The maximum absolute atomic E-state index is 11.6. The molecule has 0 saturated heterocycles. The normalized spacial score (nSPS) is 10.5. The maximum atomic E-state index is 11.6. The Morgan fingerprint density at radius 3 is 2.92 bits per heavy atom. The molecule has 4 nitrogen and oxygen atoms in total. The van der Waals surface area contributed by atoms with Crippen molar-refractivity contribution in [1.82, 2.24) is 15.0 Å². The SMILES string of the molecule is O=c1c2ccccc2nnn1CS. The van der Waals surface area contributed by atoms with Crippen LogP contribution in [0, 0.1) is 0 Å². The van der Waals surface area contributed by atoms with E-state index in [1.54, 1.807) is 18.2 Å². The van der Waals surface area contributed by atoms with Crippen molar-refractivity contribution in [3.05, 3.63) is 34.6 Å². The van der Waals surface area contributed by atoms with Gasteiger partial charge in [0.2, 0.25) is 0 Å². The van der Waals surface area contributed by atoms with Crippen molar-refractivity contribution in [3.8, 4) is 0 Å². The largest absolute Gasteiger partial charge is 0.278 e. The zero-order chi connectivity index (χ0) is 9.26. The lowest BCUT2D eigenvalue weighted by atomic mass is 10.2. The van der Waals surface area contributed by atoms with Crippen molar-refractivity contribution in [2.45, 2.75) is 5.88 Å². The summed E-state index contributed by atoms with van der Waals surface area (Å²) in [5.74, 6) is 0.247. The van der Waals surface area contributed by atoms with Crippen LogP contribution in [0.5, 0.6) is 0 Å². The lowest BCUT2D eigenvalue weighted by Crippen LogP contribution is -2.22. The Morgan fingerprint density at radius 2 is 2.15 bits per heavy atom. The minimum absolute atomic E-state index is 0.152. The number of rotatable bonds is 1. The molecule has 0 atom stereocenters. The molecule has 0 amide bonds. The average Bonchev–Trinajstić information content (AvgIpc) is 2.19. The Labute approximate surface area is 79.6 Å². The van der Waals surface area contributed by atoms with Crippen LogP contribution in [-0.2, 0) is 5.88 Å². The molecule has 0 fully saturated rings. The minimum Gasteiger partial charge on any atom is -0.267 e. The van der Waals surface area contributed by atoms with Crippen molar-refractivity contribution >= 4 is 23.5 Å². The van der Waals surface area contributed by atoms with Gasteiger partial charge < -0.3 is 0 Å². The van der Waals surface area contributed by atoms with Crippen LogP contribution < -0.4 is 5.56 Å². The number of hydrogen-bond acceptors (Lipinski definition) is 4. The molecule has 1 aromatic heterocycles. The summed E-state index contributed by atoms with van der Waals surface area (Å²) in [6, 6.07) is 7.11. The number of thiol groups is 1. The third-order valence-electron chi connectivity index (χ3n) is 1.76. The summed E-state index contributed by atoms with van der Waals surface area (Å²) >= 11 is 3.97. The molecule has 66 valence electrons. The molecule has 2 aromatic rings. The molecule has 0 aliphatic carbocycles. The van der Waals surface area contributed by atoms with Gasteiger partial charge in [0.25, 0.3) is 5.56 Å². The second-order valence-electron chi connectivity index (χ2n) is 2.55. The van der Waals surface area contributed by atoms with E-state index in [1.807, 2.05) is 6.07 Å². The highest BCUT2D eigenvalue weighted by molar-refractivity contribution is 7.79. The Bertz CT molecular complexity index is 494. The second kappa shape index (κ2) is 3.18. The molecule has 0 saturated carbocycles. The Kier molecular flexibility index (Phi) is 2.02. The van der Waals surface area contributed by atoms with Gasteiger partial charge in [0.1, 0.15) is 5.52 Å². The van der Waals surface area contributed by atoms with Gasteiger partial charge in [-0.05, 0) is 12.1 Å². The fraction of sp³-hybridized carbons (Fsp3) is 0.125. The van der Waals surface area contributed by atoms with Gasteiger partial charge in [-0.1, -0.05) is 17.3 Å². The van der Waals surface area contributed by atoms with Gasteiger partial charge in [-0.2, -0.15) is 12.6 Å². The summed E-state index contributed by atoms with van der Waals surface area (Å²) in [6.45, 7) is 0. The predicted octanol–water partition coefficient (Wildman–Crippen LogP) is 0.679. The molecule has 2 rings (SSSR count). The zero-order valence-corrected chi connectivity index (χ0v) is 7.61. The molecule has 0 aliphatic rings. The first kappa shape index (κ1) is 8.25. The molecule has 0 radical (unpaired) electrons. The van der Waals surface area contributed by atoms with Crippen LogP contribution in [0.2, 0.25) is 0 Å². The number of nitrogens with zero attached hydrogens (tertiary/aromatic N) is 3. The smallest absolute Gasteiger partial charge is 0.267 e. The Hall–Kier alpha value is -1.36. The van der Waals surface area contributed by atoms with E-state index in [0.717, 1.165) is 0 Å². The third-order valence-corrected chi connectivity index (χ3v) is 2.03. The molecule has 0 spiro atoms. The van der Waals surface area contributed by atoms with Crippen molar-refractivity contribution in [2.75, 3.05) is 0 Å². The van der Waals surface area contributed by atoms with Gasteiger partial charge in [-0.3, -0.25) is 4.79 Å². The zero-order valence-electron chi connectivity index (χ0n) is 6.71. The van der Waals surface area contributed by atoms with E-state index < -0.39 is 0 Å². The van der Waals surface area contributed by atoms with Crippen LogP contribution in [0.4, 0.5) is 0 Å². The monoisotopic (exact) mass is 193 g/mol. The first-order valence-electron chi connectivity index (χ1n) is 3.76. The first-order valence-corrected chi connectivity index (χ1v) is 4.39. The summed E-state index contributed by atoms with van der Waals surface area (Å²) in [7, 11) is 0. The third kappa shape index (κ3) is 1.31. The van der Waals surface area contributed by atoms with Gasteiger partial charge in [0.15, 0.2) is 0 Å². The van der Waals surface area contributed by atoms with Crippen molar-refractivity contribution in [1.29, 1.82) is 0 Å². The summed E-state index contributed by atoms with van der Waals surface area (Å²) in [5.41, 5.74) is 0.464. The van der Waals surface area contributed by atoms with E-state index >= 15 is 0 Å². The van der Waals surface area contributed by atoms with Gasteiger partial charge >= 0.3 is 0 Å². The van der Waals surface area contributed by atoms with Gasteiger partial charge in [-0.15, -0.1) is 5.10 Å². The van der Waals surface area contributed by atoms with Crippen molar-refractivity contribution < 1.29 is 0 Å². The van der Waals surface area contributed by atoms with Crippen LogP contribution in [0.25, 0.3) is 10.9 Å². The van der Waals surface area contributed by atoms with Crippen LogP contribution in [-0.4, -0.2) is 15.0 Å². The van der Waals surface area contributed by atoms with E-state index in [2.05, 4.69) is 22.9 Å². The fourth-order valence-corrected chi connectivity index (χ4v) is 1.30. The molecule has 0 aliphatic heterocycles. The fourth-order valence-electron chi connectivity index (χ4n) is 1.12. The van der Waals surface area contributed by atoms with E-state index in [1.165, 1.54) is 4.68 Å². The van der Waals surface area contributed by atoms with Gasteiger partial charge in [0.05, 0.1) is 11.3 Å². The molecular formula is C8H7N3OS. The molecule has 0 unspecified atom stereocenters. The molecule has 0 N–H and O–H groups in total. The topological polar surface area (TPSA) is 47.8 Å². The lowest BCUT2D eigenvalue weighted by molar-refractivity contribution is 0.647. The highest BCUT2D eigenvalue weighted by Crippen LogP contribution is 2.03. The van der Waals surface area contributed by atoms with Crippen LogP contribution in [0.15, 0.2) is 29.1 Å². The minimum atomic E-state index is -0.152.